The first-order chi connectivity index (χ1) is 13.7. The highest BCUT2D eigenvalue weighted by Crippen LogP contribution is 2.67. The van der Waals surface area contributed by atoms with E-state index in [0.717, 1.165) is 54.3 Å². The van der Waals surface area contributed by atoms with Gasteiger partial charge in [0.2, 0.25) is 0 Å². The van der Waals surface area contributed by atoms with Gasteiger partial charge in [0.05, 0.1) is 6.10 Å². The van der Waals surface area contributed by atoms with Gasteiger partial charge in [-0.25, -0.2) is 0 Å². The largest absolute Gasteiger partial charge is 0.393 e. The molecule has 0 aromatic carbocycles. The summed E-state index contributed by atoms with van der Waals surface area (Å²) in [7, 11) is 0. The lowest BCUT2D eigenvalue weighted by molar-refractivity contribution is -0.0428. The lowest BCUT2D eigenvalue weighted by atomic mass is 9.47. The van der Waals surface area contributed by atoms with Crippen molar-refractivity contribution in [3.63, 3.8) is 0 Å². The summed E-state index contributed by atoms with van der Waals surface area (Å²) in [5.74, 6) is 5.85. The topological polar surface area (TPSA) is 20.2 Å². The van der Waals surface area contributed by atoms with Crippen LogP contribution in [-0.4, -0.2) is 11.2 Å². The highest BCUT2D eigenvalue weighted by molar-refractivity contribution is 5.27. The Balaban J connectivity index is 1.50. The summed E-state index contributed by atoms with van der Waals surface area (Å²) in [6, 6.07) is 0. The molecule has 0 heterocycles. The van der Waals surface area contributed by atoms with Crippen LogP contribution in [0.15, 0.2) is 11.6 Å². The summed E-state index contributed by atoms with van der Waals surface area (Å²) in [5.41, 5.74) is 2.88. The van der Waals surface area contributed by atoms with Crippen molar-refractivity contribution in [3.8, 4) is 0 Å². The van der Waals surface area contributed by atoms with Gasteiger partial charge in [0.25, 0.3) is 0 Å². The first kappa shape index (κ1) is 21.9. The van der Waals surface area contributed by atoms with E-state index < -0.39 is 0 Å². The molecule has 0 radical (unpaired) electrons. The summed E-state index contributed by atoms with van der Waals surface area (Å²) < 4.78 is 0. The molecule has 1 heteroatoms. The van der Waals surface area contributed by atoms with Gasteiger partial charge in [-0.1, -0.05) is 66.0 Å². The molecular formula is C28H48O. The van der Waals surface area contributed by atoms with Crippen LogP contribution in [0.25, 0.3) is 0 Å². The second-order valence-electron chi connectivity index (χ2n) is 12.7. The Morgan fingerprint density at radius 1 is 0.931 bits per heavy atom. The summed E-state index contributed by atoms with van der Waals surface area (Å²) in [4.78, 5) is 0. The van der Waals surface area contributed by atoms with E-state index in [-0.39, 0.29) is 6.10 Å². The molecule has 166 valence electrons. The fraction of sp³-hybridized carbons (Fsp3) is 0.929. The number of hydrogen-bond donors (Lipinski definition) is 1. The molecule has 0 bridgehead atoms. The maximum atomic E-state index is 10.2. The first-order valence-corrected chi connectivity index (χ1v) is 13.0. The third-order valence-electron chi connectivity index (χ3n) is 11.0. The number of aliphatic hydroxyl groups is 1. The van der Waals surface area contributed by atoms with Gasteiger partial charge >= 0.3 is 0 Å². The Labute approximate surface area is 181 Å². The molecule has 0 spiro atoms. The smallest absolute Gasteiger partial charge is 0.0543 e. The van der Waals surface area contributed by atoms with Crippen LogP contribution < -0.4 is 0 Å². The van der Waals surface area contributed by atoms with E-state index in [4.69, 9.17) is 0 Å². The van der Waals surface area contributed by atoms with Crippen LogP contribution >= 0.6 is 0 Å². The lowest BCUT2D eigenvalue weighted by Gasteiger charge is -2.57. The molecule has 0 aliphatic heterocycles. The fourth-order valence-corrected chi connectivity index (χ4v) is 8.53. The van der Waals surface area contributed by atoms with Crippen LogP contribution in [0.5, 0.6) is 0 Å². The zero-order chi connectivity index (χ0) is 21.0. The van der Waals surface area contributed by atoms with Crippen molar-refractivity contribution >= 4 is 0 Å². The van der Waals surface area contributed by atoms with E-state index >= 15 is 0 Å². The first-order valence-electron chi connectivity index (χ1n) is 13.0. The quantitative estimate of drug-likeness (QED) is 0.470. The van der Waals surface area contributed by atoms with E-state index in [1.807, 2.05) is 5.57 Å². The maximum absolute atomic E-state index is 10.2. The van der Waals surface area contributed by atoms with E-state index in [0.29, 0.717) is 10.8 Å². The number of aliphatic hydroxyl groups excluding tert-OH is 1. The SMILES string of the molecule is CC(C)[C@@H](C)CC[C@@H](C)C1CCC2C3=CCC4C[C@H](O)CC[C@@]4(C)C3CCC21C. The summed E-state index contributed by atoms with van der Waals surface area (Å²) in [6.45, 7) is 15.1. The average molecular weight is 401 g/mol. The molecule has 4 rings (SSSR count). The third-order valence-corrected chi connectivity index (χ3v) is 11.0. The second kappa shape index (κ2) is 7.99. The molecule has 9 atom stereocenters. The summed E-state index contributed by atoms with van der Waals surface area (Å²) in [6.07, 6.45) is 15.8. The van der Waals surface area contributed by atoms with Crippen molar-refractivity contribution < 1.29 is 5.11 Å². The molecule has 29 heavy (non-hydrogen) atoms. The minimum absolute atomic E-state index is 0.0400. The van der Waals surface area contributed by atoms with Crippen molar-refractivity contribution in [1.29, 1.82) is 0 Å². The van der Waals surface area contributed by atoms with E-state index in [2.05, 4.69) is 47.6 Å². The molecule has 5 unspecified atom stereocenters. The van der Waals surface area contributed by atoms with Crippen molar-refractivity contribution in [2.24, 2.45) is 52.3 Å². The van der Waals surface area contributed by atoms with Crippen LogP contribution in [0.4, 0.5) is 0 Å². The number of allylic oxidation sites excluding steroid dienone is 2. The molecule has 0 saturated heterocycles. The monoisotopic (exact) mass is 400 g/mol. The lowest BCUT2D eigenvalue weighted by Crippen LogP contribution is -2.49. The average Bonchev–Trinajstić information content (AvgIpc) is 3.03. The molecule has 3 fully saturated rings. The molecule has 4 aliphatic carbocycles. The molecule has 1 N–H and O–H groups in total. The Morgan fingerprint density at radius 3 is 2.34 bits per heavy atom. The highest BCUT2D eigenvalue weighted by Gasteiger charge is 2.58. The number of fused-ring (bicyclic) bond motifs is 5. The van der Waals surface area contributed by atoms with Crippen molar-refractivity contribution in [1.82, 2.24) is 0 Å². The van der Waals surface area contributed by atoms with Crippen LogP contribution in [0.2, 0.25) is 0 Å². The van der Waals surface area contributed by atoms with Crippen LogP contribution in [0.3, 0.4) is 0 Å². The minimum Gasteiger partial charge on any atom is -0.393 e. The van der Waals surface area contributed by atoms with Gasteiger partial charge in [0.1, 0.15) is 0 Å². The van der Waals surface area contributed by atoms with Crippen LogP contribution in [-0.2, 0) is 0 Å². The van der Waals surface area contributed by atoms with E-state index in [9.17, 15) is 5.11 Å². The Morgan fingerprint density at radius 2 is 1.62 bits per heavy atom. The normalized spacial score (nSPS) is 46.5. The number of hydrogen-bond acceptors (Lipinski definition) is 1. The third kappa shape index (κ3) is 3.66. The van der Waals surface area contributed by atoms with Crippen molar-refractivity contribution in [2.45, 2.75) is 112 Å². The maximum Gasteiger partial charge on any atom is 0.0543 e. The Kier molecular flexibility index (Phi) is 6.04. The van der Waals surface area contributed by atoms with Gasteiger partial charge in [0, 0.05) is 0 Å². The predicted octanol–water partition coefficient (Wildman–Crippen LogP) is 7.63. The molecule has 0 aromatic heterocycles. The van der Waals surface area contributed by atoms with Gasteiger partial charge in [-0.2, -0.15) is 0 Å². The summed E-state index contributed by atoms with van der Waals surface area (Å²) in [5, 5.41) is 10.2. The number of rotatable bonds is 5. The zero-order valence-corrected chi connectivity index (χ0v) is 20.2. The van der Waals surface area contributed by atoms with Crippen LogP contribution in [0, 0.1) is 52.3 Å². The standard InChI is InChI=1S/C28H48O/c1-18(2)19(3)7-8-20(4)24-11-12-25-23-10-9-21-17-22(29)13-15-27(21,5)26(23)14-16-28(24,25)6/h10,18-22,24-26,29H,7-9,11-17H2,1-6H3/t19-,20+,21?,22+,24?,25?,26?,27+,28?/m0/s1. The zero-order valence-electron chi connectivity index (χ0n) is 20.2. The van der Waals surface area contributed by atoms with E-state index in [1.54, 1.807) is 0 Å². The molecule has 4 aliphatic rings. The molecule has 1 nitrogen and oxygen atoms in total. The van der Waals surface area contributed by atoms with Crippen LogP contribution in [0.1, 0.15) is 106 Å². The van der Waals surface area contributed by atoms with E-state index in [1.165, 1.54) is 51.4 Å². The Bertz CT molecular complexity index is 620. The van der Waals surface area contributed by atoms with Crippen molar-refractivity contribution in [3.05, 3.63) is 11.6 Å². The fourth-order valence-electron chi connectivity index (χ4n) is 8.53. The molecule has 0 aromatic rings. The molecule has 3 saturated carbocycles. The molecule has 0 amide bonds. The molecular weight excluding hydrogens is 352 g/mol. The minimum atomic E-state index is -0.0400. The van der Waals surface area contributed by atoms with Gasteiger partial charge in [-0.3, -0.25) is 0 Å². The predicted molar refractivity (Wildman–Crippen MR) is 124 cm³/mol. The Hall–Kier alpha value is -0.300. The highest BCUT2D eigenvalue weighted by atomic mass is 16.3. The summed E-state index contributed by atoms with van der Waals surface area (Å²) >= 11 is 0. The van der Waals surface area contributed by atoms with Gasteiger partial charge in [-0.05, 0) is 104 Å². The second-order valence-corrected chi connectivity index (χ2v) is 12.7. The van der Waals surface area contributed by atoms with Gasteiger partial charge in [-0.15, -0.1) is 0 Å². The van der Waals surface area contributed by atoms with Gasteiger partial charge in [0.15, 0.2) is 0 Å². The van der Waals surface area contributed by atoms with Gasteiger partial charge < -0.3 is 5.11 Å². The van der Waals surface area contributed by atoms with Crippen molar-refractivity contribution in [2.75, 3.05) is 0 Å².